The lowest BCUT2D eigenvalue weighted by Crippen LogP contribution is -2.46. The van der Waals surface area contributed by atoms with Gasteiger partial charge in [0.2, 0.25) is 0 Å². The number of rotatable bonds is 4. The van der Waals surface area contributed by atoms with Gasteiger partial charge in [-0.2, -0.15) is 0 Å². The molecule has 0 fully saturated rings. The van der Waals surface area contributed by atoms with Gasteiger partial charge in [0.05, 0.1) is 6.61 Å². The van der Waals surface area contributed by atoms with Crippen molar-refractivity contribution in [3.8, 4) is 0 Å². The Bertz CT molecular complexity index is 195. The quantitative estimate of drug-likeness (QED) is 0.666. The van der Waals surface area contributed by atoms with Crippen molar-refractivity contribution in [3.05, 3.63) is 0 Å². The first kappa shape index (κ1) is 13.4. The fraction of sp³-hybridized carbons (Fsp3) is 0.900. The summed E-state index contributed by atoms with van der Waals surface area (Å²) < 4.78 is 5.00. The number of hydrogen-bond donors (Lipinski definition) is 2. The largest absolute Gasteiger partial charge is 0.458 e. The fourth-order valence-electron chi connectivity index (χ4n) is 1.03. The van der Waals surface area contributed by atoms with Crippen LogP contribution in [0.25, 0.3) is 0 Å². The van der Waals surface area contributed by atoms with Gasteiger partial charge >= 0.3 is 5.97 Å². The Labute approximate surface area is 84.9 Å². The van der Waals surface area contributed by atoms with E-state index in [1.807, 2.05) is 6.92 Å². The standard InChI is InChI=1S/C10H20O4/c1-5-6-10(13,7-11)8(12)14-9(2,3)4/h11,13H,5-7H2,1-4H3. The van der Waals surface area contributed by atoms with Crippen LogP contribution in [0, 0.1) is 0 Å². The van der Waals surface area contributed by atoms with E-state index in [1.165, 1.54) is 0 Å². The van der Waals surface area contributed by atoms with Gasteiger partial charge in [0.1, 0.15) is 5.60 Å². The predicted octanol–water partition coefficient (Wildman–Crippen LogP) is 0.852. The number of esters is 1. The highest BCUT2D eigenvalue weighted by Crippen LogP contribution is 2.18. The average Bonchev–Trinajstić information content (AvgIpc) is 2.01. The zero-order chi connectivity index (χ0) is 11.4. The number of ether oxygens (including phenoxy) is 1. The molecule has 4 nitrogen and oxygen atoms in total. The molecule has 1 unspecified atom stereocenters. The van der Waals surface area contributed by atoms with Gasteiger partial charge in [-0.3, -0.25) is 0 Å². The van der Waals surface area contributed by atoms with Gasteiger partial charge in [0.15, 0.2) is 5.60 Å². The Kier molecular flexibility index (Phi) is 4.55. The van der Waals surface area contributed by atoms with E-state index in [1.54, 1.807) is 20.8 Å². The molecule has 2 N–H and O–H groups in total. The first-order chi connectivity index (χ1) is 6.25. The normalized spacial score (nSPS) is 16.1. The van der Waals surface area contributed by atoms with Crippen LogP contribution in [0.15, 0.2) is 0 Å². The van der Waals surface area contributed by atoms with E-state index in [-0.39, 0.29) is 6.42 Å². The lowest BCUT2D eigenvalue weighted by molar-refractivity contribution is -0.182. The van der Waals surface area contributed by atoms with Crippen molar-refractivity contribution in [2.24, 2.45) is 0 Å². The van der Waals surface area contributed by atoms with Gasteiger partial charge in [0, 0.05) is 0 Å². The molecule has 0 saturated heterocycles. The van der Waals surface area contributed by atoms with Crippen molar-refractivity contribution in [1.82, 2.24) is 0 Å². The van der Waals surface area contributed by atoms with Crippen LogP contribution in [0.1, 0.15) is 40.5 Å². The lowest BCUT2D eigenvalue weighted by atomic mass is 9.99. The van der Waals surface area contributed by atoms with Crippen LogP contribution >= 0.6 is 0 Å². The summed E-state index contributed by atoms with van der Waals surface area (Å²) in [6, 6.07) is 0. The van der Waals surface area contributed by atoms with Gasteiger partial charge in [0.25, 0.3) is 0 Å². The number of aliphatic hydroxyl groups excluding tert-OH is 1. The Balaban J connectivity index is 4.46. The SMILES string of the molecule is CCCC(O)(CO)C(=O)OC(C)(C)C. The molecule has 0 heterocycles. The molecule has 0 aromatic heterocycles. The summed E-state index contributed by atoms with van der Waals surface area (Å²) in [7, 11) is 0. The summed E-state index contributed by atoms with van der Waals surface area (Å²) in [5.41, 5.74) is -2.39. The minimum atomic E-state index is -1.75. The Hall–Kier alpha value is -0.610. The van der Waals surface area contributed by atoms with Gasteiger partial charge in [-0.25, -0.2) is 4.79 Å². The minimum Gasteiger partial charge on any atom is -0.458 e. The molecule has 0 aromatic carbocycles. The molecule has 14 heavy (non-hydrogen) atoms. The topological polar surface area (TPSA) is 66.8 Å². The van der Waals surface area contributed by atoms with Gasteiger partial charge in [-0.15, -0.1) is 0 Å². The average molecular weight is 204 g/mol. The number of carbonyl (C=O) groups is 1. The highest BCUT2D eigenvalue weighted by atomic mass is 16.6. The maximum absolute atomic E-state index is 11.5. The van der Waals surface area contributed by atoms with E-state index in [4.69, 9.17) is 9.84 Å². The third kappa shape index (κ3) is 4.07. The highest BCUT2D eigenvalue weighted by Gasteiger charge is 2.38. The molecular weight excluding hydrogens is 184 g/mol. The summed E-state index contributed by atoms with van der Waals surface area (Å²) in [6.45, 7) is 6.37. The summed E-state index contributed by atoms with van der Waals surface area (Å²) in [5, 5.41) is 18.7. The van der Waals surface area contributed by atoms with Crippen molar-refractivity contribution in [3.63, 3.8) is 0 Å². The zero-order valence-electron chi connectivity index (χ0n) is 9.33. The molecule has 0 amide bonds. The van der Waals surface area contributed by atoms with Crippen LogP contribution in [-0.4, -0.2) is 34.0 Å². The molecule has 1 atom stereocenters. The van der Waals surface area contributed by atoms with E-state index in [9.17, 15) is 9.90 Å². The monoisotopic (exact) mass is 204 g/mol. The van der Waals surface area contributed by atoms with E-state index < -0.39 is 23.8 Å². The molecule has 4 heteroatoms. The van der Waals surface area contributed by atoms with Crippen molar-refractivity contribution in [2.75, 3.05) is 6.61 Å². The molecule has 0 rings (SSSR count). The maximum Gasteiger partial charge on any atom is 0.341 e. The summed E-state index contributed by atoms with van der Waals surface area (Å²) in [4.78, 5) is 11.5. The van der Waals surface area contributed by atoms with Crippen molar-refractivity contribution in [2.45, 2.75) is 51.7 Å². The number of carbonyl (C=O) groups excluding carboxylic acids is 1. The number of hydrogen-bond acceptors (Lipinski definition) is 4. The predicted molar refractivity (Wildman–Crippen MR) is 52.8 cm³/mol. The van der Waals surface area contributed by atoms with E-state index >= 15 is 0 Å². The molecule has 0 aliphatic rings. The van der Waals surface area contributed by atoms with Crippen molar-refractivity contribution in [1.29, 1.82) is 0 Å². The van der Waals surface area contributed by atoms with Gasteiger partial charge < -0.3 is 14.9 Å². The molecule has 0 saturated carbocycles. The van der Waals surface area contributed by atoms with Crippen LogP contribution in [0.3, 0.4) is 0 Å². The molecule has 0 spiro atoms. The zero-order valence-corrected chi connectivity index (χ0v) is 9.33. The Morgan fingerprint density at radius 3 is 2.14 bits per heavy atom. The van der Waals surface area contributed by atoms with Crippen LogP contribution in [0.2, 0.25) is 0 Å². The molecule has 84 valence electrons. The smallest absolute Gasteiger partial charge is 0.341 e. The molecule has 0 aliphatic heterocycles. The minimum absolute atomic E-state index is 0.207. The molecule has 0 bridgehead atoms. The second-order valence-electron chi connectivity index (χ2n) is 4.44. The number of aliphatic hydroxyl groups is 2. The van der Waals surface area contributed by atoms with Crippen LogP contribution < -0.4 is 0 Å². The summed E-state index contributed by atoms with van der Waals surface area (Å²) >= 11 is 0. The third-order valence-electron chi connectivity index (χ3n) is 1.70. The Morgan fingerprint density at radius 2 is 1.86 bits per heavy atom. The van der Waals surface area contributed by atoms with E-state index in [0.717, 1.165) is 0 Å². The molecule has 0 radical (unpaired) electrons. The van der Waals surface area contributed by atoms with Crippen molar-refractivity contribution < 1.29 is 19.7 Å². The first-order valence-corrected chi connectivity index (χ1v) is 4.82. The fourth-order valence-corrected chi connectivity index (χ4v) is 1.03. The van der Waals surface area contributed by atoms with E-state index in [2.05, 4.69) is 0 Å². The van der Waals surface area contributed by atoms with Gasteiger partial charge in [-0.1, -0.05) is 13.3 Å². The second kappa shape index (κ2) is 4.75. The van der Waals surface area contributed by atoms with Crippen LogP contribution in [0.4, 0.5) is 0 Å². The van der Waals surface area contributed by atoms with Crippen LogP contribution in [-0.2, 0) is 9.53 Å². The van der Waals surface area contributed by atoms with Gasteiger partial charge in [-0.05, 0) is 27.2 Å². The van der Waals surface area contributed by atoms with Crippen molar-refractivity contribution >= 4 is 5.97 Å². The second-order valence-corrected chi connectivity index (χ2v) is 4.44. The molecule has 0 aromatic rings. The van der Waals surface area contributed by atoms with E-state index in [0.29, 0.717) is 6.42 Å². The lowest BCUT2D eigenvalue weighted by Gasteiger charge is -2.28. The Morgan fingerprint density at radius 1 is 1.36 bits per heavy atom. The van der Waals surface area contributed by atoms with Crippen LogP contribution in [0.5, 0.6) is 0 Å². The maximum atomic E-state index is 11.5. The molecular formula is C10H20O4. The molecule has 0 aliphatic carbocycles. The summed E-state index contributed by atoms with van der Waals surface area (Å²) in [6.07, 6.45) is 0.814. The highest BCUT2D eigenvalue weighted by molar-refractivity contribution is 5.79. The third-order valence-corrected chi connectivity index (χ3v) is 1.70. The first-order valence-electron chi connectivity index (χ1n) is 4.82. The summed E-state index contributed by atoms with van der Waals surface area (Å²) in [5.74, 6) is -0.755.